The molecule has 0 radical (unpaired) electrons. The number of hydrogen-bond acceptors (Lipinski definition) is 5. The first-order valence-electron chi connectivity index (χ1n) is 5.47. The summed E-state index contributed by atoms with van der Waals surface area (Å²) in [6.07, 6.45) is 0. The lowest BCUT2D eigenvalue weighted by molar-refractivity contribution is 0.120. The first kappa shape index (κ1) is 15.5. The lowest BCUT2D eigenvalue weighted by atomic mass is 10.4. The monoisotopic (exact) mass is 288 g/mol. The molecule has 0 saturated heterocycles. The smallest absolute Gasteiger partial charge is 0.392 e. The van der Waals surface area contributed by atoms with Gasteiger partial charge in [0.15, 0.2) is 0 Å². The zero-order valence-corrected chi connectivity index (χ0v) is 13.4. The fourth-order valence-corrected chi connectivity index (χ4v) is 11.0. The molecule has 0 aliphatic heterocycles. The van der Waals surface area contributed by atoms with Crippen LogP contribution in [0.2, 0.25) is 0 Å². The second-order valence-electron chi connectivity index (χ2n) is 3.56. The fourth-order valence-electron chi connectivity index (χ4n) is 2.06. The SMILES string of the molecule is CO[Si](OC)(OC)[Si](OC)(OC)c1ccccc1. The third kappa shape index (κ3) is 2.30. The molecule has 7 heteroatoms. The minimum absolute atomic E-state index is 0.923. The lowest BCUT2D eigenvalue weighted by Crippen LogP contribution is -2.76. The molecule has 18 heavy (non-hydrogen) atoms. The predicted octanol–water partition coefficient (Wildman–Crippen LogP) is 0.585. The molecule has 1 aromatic carbocycles. The quantitative estimate of drug-likeness (QED) is 0.687. The summed E-state index contributed by atoms with van der Waals surface area (Å²) in [6, 6.07) is 9.67. The third-order valence-electron chi connectivity index (χ3n) is 2.94. The Morgan fingerprint density at radius 1 is 0.667 bits per heavy atom. The average Bonchev–Trinajstić information content (AvgIpc) is 2.46. The van der Waals surface area contributed by atoms with Crippen LogP contribution < -0.4 is 5.19 Å². The van der Waals surface area contributed by atoms with Crippen LogP contribution in [0.25, 0.3) is 0 Å². The van der Waals surface area contributed by atoms with Crippen LogP contribution in [-0.2, 0) is 22.1 Å². The normalized spacial score (nSPS) is 12.7. The Morgan fingerprint density at radius 2 is 1.11 bits per heavy atom. The van der Waals surface area contributed by atoms with E-state index < -0.39 is 16.4 Å². The van der Waals surface area contributed by atoms with Crippen molar-refractivity contribution in [2.75, 3.05) is 35.5 Å². The largest absolute Gasteiger partial charge is 0.544 e. The van der Waals surface area contributed by atoms with Gasteiger partial charge in [-0.1, -0.05) is 30.3 Å². The summed E-state index contributed by atoms with van der Waals surface area (Å²) < 4.78 is 28.1. The van der Waals surface area contributed by atoms with Crippen LogP contribution in [0.15, 0.2) is 30.3 Å². The van der Waals surface area contributed by atoms with E-state index in [1.807, 2.05) is 30.3 Å². The highest BCUT2D eigenvalue weighted by molar-refractivity contribution is 7.34. The van der Waals surface area contributed by atoms with Crippen molar-refractivity contribution < 1.29 is 22.1 Å². The maximum atomic E-state index is 5.71. The van der Waals surface area contributed by atoms with Crippen molar-refractivity contribution in [1.29, 1.82) is 0 Å². The molecule has 0 aliphatic carbocycles. The van der Waals surface area contributed by atoms with E-state index in [1.165, 1.54) is 0 Å². The van der Waals surface area contributed by atoms with Gasteiger partial charge in [-0.3, -0.25) is 0 Å². The van der Waals surface area contributed by atoms with E-state index in [9.17, 15) is 0 Å². The van der Waals surface area contributed by atoms with Gasteiger partial charge in [-0.2, -0.15) is 0 Å². The molecular formula is C11H20O5Si2. The van der Waals surface area contributed by atoms with Crippen LogP contribution in [0, 0.1) is 0 Å². The summed E-state index contributed by atoms with van der Waals surface area (Å²) in [6.45, 7) is 0. The van der Waals surface area contributed by atoms with E-state index in [-0.39, 0.29) is 0 Å². The Bertz CT molecular complexity index is 343. The van der Waals surface area contributed by atoms with Gasteiger partial charge in [0, 0.05) is 35.5 Å². The van der Waals surface area contributed by atoms with E-state index in [2.05, 4.69) is 0 Å². The molecule has 0 amide bonds. The maximum Gasteiger partial charge on any atom is 0.544 e. The van der Waals surface area contributed by atoms with E-state index in [1.54, 1.807) is 35.5 Å². The van der Waals surface area contributed by atoms with Crippen LogP contribution in [-0.4, -0.2) is 51.9 Å². The van der Waals surface area contributed by atoms with Crippen molar-refractivity contribution in [1.82, 2.24) is 0 Å². The molecule has 0 fully saturated rings. The van der Waals surface area contributed by atoms with E-state index in [0.29, 0.717) is 0 Å². The zero-order valence-electron chi connectivity index (χ0n) is 11.4. The standard InChI is InChI=1S/C11H20O5Si2/c1-12-17(13-2,11-9-7-6-8-10-11)18(14-3,15-4)16-5/h6-10H,1-5H3. The van der Waals surface area contributed by atoms with Gasteiger partial charge in [-0.15, -0.1) is 0 Å². The summed E-state index contributed by atoms with van der Waals surface area (Å²) in [5.74, 6) is 0. The lowest BCUT2D eigenvalue weighted by Gasteiger charge is -2.38. The van der Waals surface area contributed by atoms with Crippen LogP contribution >= 0.6 is 0 Å². The minimum atomic E-state index is -3.04. The Labute approximate surface area is 110 Å². The number of hydrogen-bond donors (Lipinski definition) is 0. The average molecular weight is 288 g/mol. The van der Waals surface area contributed by atoms with Crippen LogP contribution in [0.3, 0.4) is 0 Å². The van der Waals surface area contributed by atoms with Crippen molar-refractivity contribution in [3.05, 3.63) is 30.3 Å². The Kier molecular flexibility index (Phi) is 5.66. The van der Waals surface area contributed by atoms with Crippen LogP contribution in [0.5, 0.6) is 0 Å². The molecule has 1 rings (SSSR count). The van der Waals surface area contributed by atoms with E-state index in [4.69, 9.17) is 22.1 Å². The van der Waals surface area contributed by atoms with Gasteiger partial charge in [0.05, 0.1) is 0 Å². The highest BCUT2D eigenvalue weighted by Crippen LogP contribution is 2.23. The zero-order chi connectivity index (χ0) is 13.6. The summed E-state index contributed by atoms with van der Waals surface area (Å²) in [7, 11) is 1.90. The molecule has 0 spiro atoms. The fraction of sp³-hybridized carbons (Fsp3) is 0.455. The van der Waals surface area contributed by atoms with Gasteiger partial charge >= 0.3 is 16.4 Å². The van der Waals surface area contributed by atoms with Crippen LogP contribution in [0.4, 0.5) is 0 Å². The Balaban J connectivity index is 3.38. The van der Waals surface area contributed by atoms with Crippen LogP contribution in [0.1, 0.15) is 0 Å². The molecule has 0 atom stereocenters. The summed E-state index contributed by atoms with van der Waals surface area (Å²) in [5, 5.41) is 0.923. The minimum Gasteiger partial charge on any atom is -0.392 e. The summed E-state index contributed by atoms with van der Waals surface area (Å²) in [4.78, 5) is 0. The first-order chi connectivity index (χ1) is 8.66. The predicted molar refractivity (Wildman–Crippen MR) is 72.6 cm³/mol. The second-order valence-corrected chi connectivity index (χ2v) is 12.3. The third-order valence-corrected chi connectivity index (χ3v) is 13.9. The van der Waals surface area contributed by atoms with E-state index >= 15 is 0 Å². The molecule has 102 valence electrons. The Morgan fingerprint density at radius 3 is 1.44 bits per heavy atom. The molecular weight excluding hydrogens is 268 g/mol. The summed E-state index contributed by atoms with van der Waals surface area (Å²) >= 11 is 0. The molecule has 0 heterocycles. The van der Waals surface area contributed by atoms with Crippen molar-refractivity contribution in [2.24, 2.45) is 0 Å². The molecule has 5 nitrogen and oxygen atoms in total. The van der Waals surface area contributed by atoms with Crippen molar-refractivity contribution in [3.63, 3.8) is 0 Å². The van der Waals surface area contributed by atoms with Crippen molar-refractivity contribution >= 4 is 21.6 Å². The van der Waals surface area contributed by atoms with Gasteiger partial charge in [0.2, 0.25) is 0 Å². The van der Waals surface area contributed by atoms with Crippen molar-refractivity contribution in [3.8, 4) is 0 Å². The molecule has 0 aliphatic rings. The molecule has 0 N–H and O–H groups in total. The van der Waals surface area contributed by atoms with Gasteiger partial charge in [0.25, 0.3) is 0 Å². The summed E-state index contributed by atoms with van der Waals surface area (Å²) in [5.41, 5.74) is 0. The topological polar surface area (TPSA) is 46.2 Å². The molecule has 1 aromatic rings. The van der Waals surface area contributed by atoms with Gasteiger partial charge in [-0.25, -0.2) is 0 Å². The highest BCUT2D eigenvalue weighted by atomic mass is 29.3. The first-order valence-corrected chi connectivity index (χ1v) is 10.0. The Hall–Kier alpha value is -0.546. The molecule has 0 saturated carbocycles. The molecule has 0 unspecified atom stereocenters. The van der Waals surface area contributed by atoms with Gasteiger partial charge in [0.1, 0.15) is 0 Å². The van der Waals surface area contributed by atoms with Crippen molar-refractivity contribution in [2.45, 2.75) is 0 Å². The molecule has 0 aromatic heterocycles. The molecule has 0 bridgehead atoms. The van der Waals surface area contributed by atoms with Gasteiger partial charge < -0.3 is 22.1 Å². The maximum absolute atomic E-state index is 5.71. The van der Waals surface area contributed by atoms with Gasteiger partial charge in [-0.05, 0) is 5.19 Å². The number of rotatable bonds is 7. The number of benzene rings is 1. The highest BCUT2D eigenvalue weighted by Gasteiger charge is 2.68. The van der Waals surface area contributed by atoms with E-state index in [0.717, 1.165) is 5.19 Å². The second kappa shape index (κ2) is 6.57.